The molecule has 2 atom stereocenters. The van der Waals surface area contributed by atoms with Gasteiger partial charge in [-0.25, -0.2) is 4.98 Å². The van der Waals surface area contributed by atoms with E-state index in [0.717, 1.165) is 13.0 Å². The molecule has 0 aliphatic rings. The molecule has 1 N–H and O–H groups in total. The first-order valence-corrected chi connectivity index (χ1v) is 6.46. The molecule has 0 amide bonds. The number of aromatic nitrogens is 1. The molecule has 0 saturated heterocycles. The highest BCUT2D eigenvalue weighted by molar-refractivity contribution is 5.25. The molecule has 3 heteroatoms. The van der Waals surface area contributed by atoms with Crippen molar-refractivity contribution in [2.45, 2.75) is 45.6 Å². The Morgan fingerprint density at radius 1 is 1.41 bits per heavy atom. The van der Waals surface area contributed by atoms with Crippen molar-refractivity contribution in [3.05, 3.63) is 23.9 Å². The summed E-state index contributed by atoms with van der Waals surface area (Å²) in [6, 6.07) is 4.60. The summed E-state index contributed by atoms with van der Waals surface area (Å²) in [5.41, 5.74) is 1.30. The van der Waals surface area contributed by atoms with Crippen molar-refractivity contribution in [3.63, 3.8) is 0 Å². The Morgan fingerprint density at radius 2 is 2.18 bits per heavy atom. The molecule has 0 radical (unpaired) electrons. The molecule has 1 aromatic rings. The SMILES string of the molecule is CCCNC(C)C(CC)c1ccnc(OC)c1. The maximum absolute atomic E-state index is 5.18. The van der Waals surface area contributed by atoms with Crippen LogP contribution in [-0.2, 0) is 0 Å². The number of hydrogen-bond donors (Lipinski definition) is 1. The van der Waals surface area contributed by atoms with Crippen LogP contribution in [0.5, 0.6) is 5.88 Å². The fourth-order valence-electron chi connectivity index (χ4n) is 2.16. The van der Waals surface area contributed by atoms with Crippen molar-refractivity contribution in [1.29, 1.82) is 0 Å². The minimum absolute atomic E-state index is 0.479. The van der Waals surface area contributed by atoms with E-state index in [1.807, 2.05) is 12.3 Å². The van der Waals surface area contributed by atoms with Crippen LogP contribution >= 0.6 is 0 Å². The molecule has 17 heavy (non-hydrogen) atoms. The predicted octanol–water partition coefficient (Wildman–Crippen LogP) is 2.97. The lowest BCUT2D eigenvalue weighted by Gasteiger charge is -2.24. The second-order valence-corrected chi connectivity index (χ2v) is 4.39. The van der Waals surface area contributed by atoms with Crippen molar-refractivity contribution in [1.82, 2.24) is 10.3 Å². The first-order chi connectivity index (χ1) is 8.22. The van der Waals surface area contributed by atoms with E-state index in [9.17, 15) is 0 Å². The number of hydrogen-bond acceptors (Lipinski definition) is 3. The number of nitrogens with zero attached hydrogens (tertiary/aromatic N) is 1. The van der Waals surface area contributed by atoms with Gasteiger partial charge in [0, 0.05) is 18.3 Å². The Balaban J connectivity index is 2.77. The van der Waals surface area contributed by atoms with Gasteiger partial charge in [0.15, 0.2) is 0 Å². The monoisotopic (exact) mass is 236 g/mol. The lowest BCUT2D eigenvalue weighted by Crippen LogP contribution is -2.32. The second kappa shape index (κ2) is 7.28. The molecular weight excluding hydrogens is 212 g/mol. The minimum atomic E-state index is 0.479. The third-order valence-corrected chi connectivity index (χ3v) is 3.16. The molecule has 96 valence electrons. The van der Waals surface area contributed by atoms with Gasteiger partial charge in [0.1, 0.15) is 0 Å². The fourth-order valence-corrected chi connectivity index (χ4v) is 2.16. The first kappa shape index (κ1) is 14.0. The number of ether oxygens (including phenoxy) is 1. The van der Waals surface area contributed by atoms with E-state index in [-0.39, 0.29) is 0 Å². The van der Waals surface area contributed by atoms with Crippen LogP contribution in [0.2, 0.25) is 0 Å². The van der Waals surface area contributed by atoms with Gasteiger partial charge in [-0.05, 0) is 43.9 Å². The zero-order chi connectivity index (χ0) is 12.7. The maximum atomic E-state index is 5.18. The van der Waals surface area contributed by atoms with E-state index in [4.69, 9.17) is 4.74 Å². The van der Waals surface area contributed by atoms with E-state index in [2.05, 4.69) is 37.1 Å². The Kier molecular flexibility index (Phi) is 5.98. The fraction of sp³-hybridized carbons (Fsp3) is 0.643. The Morgan fingerprint density at radius 3 is 2.76 bits per heavy atom. The predicted molar refractivity (Wildman–Crippen MR) is 71.6 cm³/mol. The van der Waals surface area contributed by atoms with Crippen molar-refractivity contribution in [2.24, 2.45) is 0 Å². The van der Waals surface area contributed by atoms with Crippen LogP contribution in [0.1, 0.15) is 45.1 Å². The number of pyridine rings is 1. The van der Waals surface area contributed by atoms with Gasteiger partial charge >= 0.3 is 0 Å². The van der Waals surface area contributed by atoms with Gasteiger partial charge in [-0.15, -0.1) is 0 Å². The lowest BCUT2D eigenvalue weighted by atomic mass is 9.90. The largest absolute Gasteiger partial charge is 0.481 e. The summed E-state index contributed by atoms with van der Waals surface area (Å²) in [5.74, 6) is 1.21. The summed E-state index contributed by atoms with van der Waals surface area (Å²) in [7, 11) is 1.66. The second-order valence-electron chi connectivity index (χ2n) is 4.39. The molecule has 2 unspecified atom stereocenters. The molecule has 0 saturated carbocycles. The first-order valence-electron chi connectivity index (χ1n) is 6.46. The smallest absolute Gasteiger partial charge is 0.213 e. The van der Waals surface area contributed by atoms with Gasteiger partial charge in [0.05, 0.1) is 7.11 Å². The molecule has 1 rings (SSSR count). The topological polar surface area (TPSA) is 34.2 Å². The number of methoxy groups -OCH3 is 1. The summed E-state index contributed by atoms with van der Waals surface area (Å²) in [6.07, 6.45) is 4.11. The molecule has 0 bridgehead atoms. The number of rotatable bonds is 7. The molecule has 0 fully saturated rings. The van der Waals surface area contributed by atoms with E-state index in [1.165, 1.54) is 12.0 Å². The molecule has 0 aliphatic heterocycles. The van der Waals surface area contributed by atoms with Gasteiger partial charge in [-0.2, -0.15) is 0 Å². The molecule has 0 spiro atoms. The van der Waals surface area contributed by atoms with Gasteiger partial charge < -0.3 is 10.1 Å². The average molecular weight is 236 g/mol. The zero-order valence-corrected chi connectivity index (χ0v) is 11.4. The average Bonchev–Trinajstić information content (AvgIpc) is 2.37. The molecule has 3 nitrogen and oxygen atoms in total. The van der Waals surface area contributed by atoms with Crippen molar-refractivity contribution in [2.75, 3.05) is 13.7 Å². The van der Waals surface area contributed by atoms with Crippen LogP contribution in [0.3, 0.4) is 0 Å². The number of nitrogens with one attached hydrogen (secondary N) is 1. The minimum Gasteiger partial charge on any atom is -0.481 e. The van der Waals surface area contributed by atoms with Crippen LogP contribution in [0.4, 0.5) is 0 Å². The molecular formula is C14H24N2O. The summed E-state index contributed by atoms with van der Waals surface area (Å²) in [5, 5.41) is 3.56. The highest BCUT2D eigenvalue weighted by atomic mass is 16.5. The third kappa shape index (κ3) is 4.00. The normalized spacial score (nSPS) is 14.4. The molecule has 1 aromatic heterocycles. The highest BCUT2D eigenvalue weighted by Gasteiger charge is 2.17. The van der Waals surface area contributed by atoms with E-state index < -0.39 is 0 Å². The molecule has 1 heterocycles. The van der Waals surface area contributed by atoms with Crippen LogP contribution in [0.25, 0.3) is 0 Å². The van der Waals surface area contributed by atoms with E-state index in [1.54, 1.807) is 7.11 Å². The van der Waals surface area contributed by atoms with Crippen molar-refractivity contribution >= 4 is 0 Å². The van der Waals surface area contributed by atoms with Crippen LogP contribution in [-0.4, -0.2) is 24.7 Å². The van der Waals surface area contributed by atoms with Crippen LogP contribution in [0.15, 0.2) is 18.3 Å². The van der Waals surface area contributed by atoms with Crippen molar-refractivity contribution < 1.29 is 4.74 Å². The summed E-state index contributed by atoms with van der Waals surface area (Å²) >= 11 is 0. The molecule has 0 aromatic carbocycles. The Hall–Kier alpha value is -1.09. The Labute approximate surface area is 105 Å². The third-order valence-electron chi connectivity index (χ3n) is 3.16. The van der Waals surface area contributed by atoms with Crippen molar-refractivity contribution in [3.8, 4) is 5.88 Å². The zero-order valence-electron chi connectivity index (χ0n) is 11.4. The Bertz CT molecular complexity index is 328. The van der Waals surface area contributed by atoms with Gasteiger partial charge in [0.2, 0.25) is 5.88 Å². The summed E-state index contributed by atoms with van der Waals surface area (Å²) in [4.78, 5) is 4.15. The van der Waals surface area contributed by atoms with Crippen LogP contribution < -0.4 is 10.1 Å². The van der Waals surface area contributed by atoms with E-state index >= 15 is 0 Å². The van der Waals surface area contributed by atoms with E-state index in [0.29, 0.717) is 17.8 Å². The standard InChI is InChI=1S/C14H24N2O/c1-5-8-15-11(3)13(6-2)12-7-9-16-14(10-12)17-4/h7,9-11,13,15H,5-6,8H2,1-4H3. The quantitative estimate of drug-likeness (QED) is 0.790. The van der Waals surface area contributed by atoms with Gasteiger partial charge in [-0.1, -0.05) is 13.8 Å². The van der Waals surface area contributed by atoms with Crippen LogP contribution in [0, 0.1) is 0 Å². The summed E-state index contributed by atoms with van der Waals surface area (Å²) in [6.45, 7) is 7.73. The maximum Gasteiger partial charge on any atom is 0.213 e. The summed E-state index contributed by atoms with van der Waals surface area (Å²) < 4.78 is 5.18. The lowest BCUT2D eigenvalue weighted by molar-refractivity contribution is 0.394. The van der Waals surface area contributed by atoms with Gasteiger partial charge in [-0.3, -0.25) is 0 Å². The highest BCUT2D eigenvalue weighted by Crippen LogP contribution is 2.25. The van der Waals surface area contributed by atoms with Gasteiger partial charge in [0.25, 0.3) is 0 Å². The molecule has 0 aliphatic carbocycles.